The summed E-state index contributed by atoms with van der Waals surface area (Å²) in [5, 5.41) is 10.4. The molecule has 1 amide bonds. The van der Waals surface area contributed by atoms with Crippen LogP contribution in [0.5, 0.6) is 0 Å². The zero-order valence-electron chi connectivity index (χ0n) is 15.9. The Hall–Kier alpha value is -2.12. The van der Waals surface area contributed by atoms with Crippen LogP contribution in [-0.2, 0) is 11.3 Å². The predicted octanol–water partition coefficient (Wildman–Crippen LogP) is 3.82. The van der Waals surface area contributed by atoms with Crippen molar-refractivity contribution in [2.45, 2.75) is 45.2 Å². The maximum Gasteiger partial charge on any atom is 0.227 e. The van der Waals surface area contributed by atoms with Gasteiger partial charge in [-0.05, 0) is 50.3 Å². The van der Waals surface area contributed by atoms with Crippen LogP contribution < -0.4 is 16.0 Å². The summed E-state index contributed by atoms with van der Waals surface area (Å²) in [6.45, 7) is 2.24. The largest absolute Gasteiger partial charge is 0.357 e. The number of hydrogen-bond donors (Lipinski definition) is 3. The fourth-order valence-electron chi connectivity index (χ4n) is 3.33. The SMILES string of the molecule is CNc1nc(C)nc(NC2CCC(C(=O)NCc3ccc(Cl)cc3Cl)CC2)n1. The first-order valence-electron chi connectivity index (χ1n) is 9.33. The van der Waals surface area contributed by atoms with Crippen LogP contribution in [0.1, 0.15) is 37.1 Å². The van der Waals surface area contributed by atoms with Crippen LogP contribution in [0.3, 0.4) is 0 Å². The third-order valence-electron chi connectivity index (χ3n) is 4.87. The first-order chi connectivity index (χ1) is 13.4. The lowest BCUT2D eigenvalue weighted by atomic mass is 9.85. The van der Waals surface area contributed by atoms with Crippen LogP contribution in [0.2, 0.25) is 10.0 Å². The molecule has 0 saturated heterocycles. The molecular formula is C19H24Cl2N6O. The lowest BCUT2D eigenvalue weighted by Gasteiger charge is -2.28. The van der Waals surface area contributed by atoms with E-state index in [1.165, 1.54) is 0 Å². The molecule has 1 fully saturated rings. The Balaban J connectivity index is 1.48. The highest BCUT2D eigenvalue weighted by Crippen LogP contribution is 2.27. The van der Waals surface area contributed by atoms with Gasteiger partial charge in [-0.25, -0.2) is 0 Å². The molecule has 7 nitrogen and oxygen atoms in total. The fourth-order valence-corrected chi connectivity index (χ4v) is 3.81. The molecule has 2 aromatic rings. The summed E-state index contributed by atoms with van der Waals surface area (Å²) >= 11 is 12.1. The standard InChI is InChI=1S/C19H24Cl2N6O/c1-11-24-18(22-2)27-19(25-11)26-15-7-4-12(5-8-15)17(28)23-10-13-3-6-14(20)9-16(13)21/h3,6,9,12,15H,4-5,7-8,10H2,1-2H3,(H,23,28)(H2,22,24,25,26,27). The van der Waals surface area contributed by atoms with Crippen molar-refractivity contribution in [1.82, 2.24) is 20.3 Å². The molecule has 1 aliphatic carbocycles. The van der Waals surface area contributed by atoms with E-state index in [1.54, 1.807) is 19.2 Å². The highest BCUT2D eigenvalue weighted by Gasteiger charge is 2.26. The molecule has 1 aromatic carbocycles. The van der Waals surface area contributed by atoms with Crippen molar-refractivity contribution in [3.8, 4) is 0 Å². The van der Waals surface area contributed by atoms with E-state index in [-0.39, 0.29) is 17.9 Å². The molecule has 0 radical (unpaired) electrons. The van der Waals surface area contributed by atoms with Gasteiger partial charge in [0.25, 0.3) is 0 Å². The number of nitrogens with one attached hydrogen (secondary N) is 3. The lowest BCUT2D eigenvalue weighted by Crippen LogP contribution is -2.36. The number of anilines is 2. The Morgan fingerprint density at radius 3 is 2.50 bits per heavy atom. The predicted molar refractivity (Wildman–Crippen MR) is 112 cm³/mol. The maximum atomic E-state index is 12.5. The molecule has 9 heteroatoms. The zero-order chi connectivity index (χ0) is 20.1. The second-order valence-corrected chi connectivity index (χ2v) is 7.77. The number of benzene rings is 1. The molecule has 1 aromatic heterocycles. The van der Waals surface area contributed by atoms with Gasteiger partial charge in [-0.1, -0.05) is 29.3 Å². The summed E-state index contributed by atoms with van der Waals surface area (Å²) in [5.41, 5.74) is 0.861. The zero-order valence-corrected chi connectivity index (χ0v) is 17.4. The van der Waals surface area contributed by atoms with E-state index in [0.29, 0.717) is 34.3 Å². The van der Waals surface area contributed by atoms with Gasteiger partial charge in [-0.3, -0.25) is 4.79 Å². The van der Waals surface area contributed by atoms with Crippen LogP contribution in [0.4, 0.5) is 11.9 Å². The first kappa shape index (κ1) is 20.6. The highest BCUT2D eigenvalue weighted by molar-refractivity contribution is 6.35. The van der Waals surface area contributed by atoms with Crippen LogP contribution in [0.25, 0.3) is 0 Å². The molecule has 3 N–H and O–H groups in total. The molecule has 3 rings (SSSR count). The molecule has 28 heavy (non-hydrogen) atoms. The monoisotopic (exact) mass is 422 g/mol. The number of rotatable bonds is 6. The van der Waals surface area contributed by atoms with Gasteiger partial charge in [0, 0.05) is 35.6 Å². The summed E-state index contributed by atoms with van der Waals surface area (Å²) in [6, 6.07) is 5.54. The van der Waals surface area contributed by atoms with E-state index in [2.05, 4.69) is 30.9 Å². The summed E-state index contributed by atoms with van der Waals surface area (Å²) in [5.74, 6) is 1.86. The van der Waals surface area contributed by atoms with Crippen molar-refractivity contribution >= 4 is 41.0 Å². The summed E-state index contributed by atoms with van der Waals surface area (Å²) in [7, 11) is 1.78. The van der Waals surface area contributed by atoms with Crippen molar-refractivity contribution in [3.05, 3.63) is 39.6 Å². The molecule has 1 heterocycles. The third-order valence-corrected chi connectivity index (χ3v) is 5.46. The number of amides is 1. The van der Waals surface area contributed by atoms with Crippen LogP contribution >= 0.6 is 23.2 Å². The van der Waals surface area contributed by atoms with E-state index >= 15 is 0 Å². The van der Waals surface area contributed by atoms with Gasteiger partial charge in [0.15, 0.2) is 0 Å². The number of aromatic nitrogens is 3. The summed E-state index contributed by atoms with van der Waals surface area (Å²) in [6.07, 6.45) is 3.42. The number of aryl methyl sites for hydroxylation is 1. The minimum absolute atomic E-state index is 0.0112. The second-order valence-electron chi connectivity index (χ2n) is 6.93. The smallest absolute Gasteiger partial charge is 0.227 e. The van der Waals surface area contributed by atoms with Crippen molar-refractivity contribution in [2.75, 3.05) is 17.7 Å². The maximum absolute atomic E-state index is 12.5. The highest BCUT2D eigenvalue weighted by atomic mass is 35.5. The number of halogens is 2. The van der Waals surface area contributed by atoms with Crippen LogP contribution in [-0.4, -0.2) is 33.9 Å². The van der Waals surface area contributed by atoms with Gasteiger partial charge in [0.05, 0.1) is 0 Å². The number of carbonyl (C=O) groups is 1. The Labute approximate surface area is 174 Å². The number of carbonyl (C=O) groups excluding carboxylic acids is 1. The Morgan fingerprint density at radius 2 is 1.82 bits per heavy atom. The molecule has 0 aliphatic heterocycles. The average Bonchev–Trinajstić information content (AvgIpc) is 2.67. The Kier molecular flexibility index (Phi) is 6.91. The Bertz CT molecular complexity index is 839. The molecule has 0 atom stereocenters. The van der Waals surface area contributed by atoms with E-state index in [4.69, 9.17) is 23.2 Å². The fraction of sp³-hybridized carbons (Fsp3) is 0.474. The molecular weight excluding hydrogens is 399 g/mol. The van der Waals surface area contributed by atoms with Crippen molar-refractivity contribution in [1.29, 1.82) is 0 Å². The van der Waals surface area contributed by atoms with E-state index < -0.39 is 0 Å². The number of nitrogens with zero attached hydrogens (tertiary/aromatic N) is 3. The van der Waals surface area contributed by atoms with Gasteiger partial charge < -0.3 is 16.0 Å². The van der Waals surface area contributed by atoms with Crippen LogP contribution in [0, 0.1) is 12.8 Å². The quantitative estimate of drug-likeness (QED) is 0.655. The lowest BCUT2D eigenvalue weighted by molar-refractivity contribution is -0.126. The minimum atomic E-state index is 0.0112. The first-order valence-corrected chi connectivity index (χ1v) is 10.1. The molecule has 0 unspecified atom stereocenters. The van der Waals surface area contributed by atoms with Gasteiger partial charge in [0.1, 0.15) is 5.82 Å². The third kappa shape index (κ3) is 5.45. The molecule has 0 spiro atoms. The van der Waals surface area contributed by atoms with Gasteiger partial charge in [0.2, 0.25) is 17.8 Å². The number of hydrogen-bond acceptors (Lipinski definition) is 6. The topological polar surface area (TPSA) is 91.8 Å². The summed E-state index contributed by atoms with van der Waals surface area (Å²) in [4.78, 5) is 25.4. The average molecular weight is 423 g/mol. The molecule has 150 valence electrons. The molecule has 0 bridgehead atoms. The normalized spacial score (nSPS) is 19.1. The van der Waals surface area contributed by atoms with Gasteiger partial charge >= 0.3 is 0 Å². The molecule has 1 aliphatic rings. The van der Waals surface area contributed by atoms with Gasteiger partial charge in [-0.2, -0.15) is 15.0 Å². The summed E-state index contributed by atoms with van der Waals surface area (Å²) < 4.78 is 0. The van der Waals surface area contributed by atoms with Crippen molar-refractivity contribution < 1.29 is 4.79 Å². The second kappa shape index (κ2) is 9.39. The van der Waals surface area contributed by atoms with E-state index in [9.17, 15) is 4.79 Å². The van der Waals surface area contributed by atoms with Crippen LogP contribution in [0.15, 0.2) is 18.2 Å². The Morgan fingerprint density at radius 1 is 1.11 bits per heavy atom. The van der Waals surface area contributed by atoms with E-state index in [1.807, 2.05) is 13.0 Å². The minimum Gasteiger partial charge on any atom is -0.357 e. The van der Waals surface area contributed by atoms with Gasteiger partial charge in [-0.15, -0.1) is 0 Å². The van der Waals surface area contributed by atoms with Crippen molar-refractivity contribution in [2.24, 2.45) is 5.92 Å². The molecule has 1 saturated carbocycles. The van der Waals surface area contributed by atoms with E-state index in [0.717, 1.165) is 31.2 Å². The van der Waals surface area contributed by atoms with Crippen molar-refractivity contribution in [3.63, 3.8) is 0 Å².